The Labute approximate surface area is 215 Å². The zero-order valence-corrected chi connectivity index (χ0v) is 22.5. The molecule has 3 fully saturated rings. The van der Waals surface area contributed by atoms with E-state index in [0.717, 1.165) is 30.7 Å². The average Bonchev–Trinajstić information content (AvgIpc) is 3.75. The maximum atomic E-state index is 12.7. The summed E-state index contributed by atoms with van der Waals surface area (Å²) in [6.07, 6.45) is 7.38. The number of carbonyl (C=O) groups excluding carboxylic acids is 1. The summed E-state index contributed by atoms with van der Waals surface area (Å²) >= 11 is 0. The molecule has 6 atom stereocenters. The largest absolute Gasteiger partial charge is 0.492 e. The molecule has 1 aliphatic carbocycles. The molecule has 5 unspecified atom stereocenters. The van der Waals surface area contributed by atoms with E-state index in [0.29, 0.717) is 19.6 Å². The number of ether oxygens (including phenoxy) is 5. The lowest BCUT2D eigenvalue weighted by Crippen LogP contribution is -2.55. The maximum absolute atomic E-state index is 12.7. The van der Waals surface area contributed by atoms with Gasteiger partial charge >= 0.3 is 5.97 Å². The molecule has 4 rings (SSSR count). The fraction of sp³-hybridized carbons (Fsp3) is 0.621. The average molecular weight is 500 g/mol. The van der Waals surface area contributed by atoms with Crippen molar-refractivity contribution in [3.8, 4) is 5.75 Å². The van der Waals surface area contributed by atoms with Crippen molar-refractivity contribution in [2.75, 3.05) is 41.0 Å². The molecule has 0 amide bonds. The molecule has 2 heterocycles. The van der Waals surface area contributed by atoms with Gasteiger partial charge in [-0.25, -0.2) is 4.79 Å². The van der Waals surface area contributed by atoms with Crippen LogP contribution in [0.4, 0.5) is 0 Å². The molecule has 198 valence electrons. The number of allylic oxidation sites excluding steroid dienone is 1. The SMILES string of the molecule is COC1C(OC(=O)/C=C/c2ccc(OCCN(C)C)cc2)CC[C@]2(CO2)C1C1(C)OC1CC=C(C)C. The molecule has 2 aliphatic heterocycles. The number of epoxide rings is 2. The highest BCUT2D eigenvalue weighted by Gasteiger charge is 2.72. The van der Waals surface area contributed by atoms with Crippen LogP contribution in [0.25, 0.3) is 6.08 Å². The minimum atomic E-state index is -0.372. The first-order valence-electron chi connectivity index (χ1n) is 12.9. The lowest BCUT2D eigenvalue weighted by molar-refractivity contribution is -0.166. The predicted molar refractivity (Wildman–Crippen MR) is 139 cm³/mol. The number of hydrogen-bond donors (Lipinski definition) is 0. The molecule has 7 nitrogen and oxygen atoms in total. The quantitative estimate of drug-likeness (QED) is 0.195. The monoisotopic (exact) mass is 499 g/mol. The second kappa shape index (κ2) is 11.1. The Morgan fingerprint density at radius 3 is 2.56 bits per heavy atom. The van der Waals surface area contributed by atoms with Crippen molar-refractivity contribution in [1.82, 2.24) is 4.90 Å². The highest BCUT2D eigenvalue weighted by molar-refractivity contribution is 5.87. The Balaban J connectivity index is 1.36. The zero-order valence-electron chi connectivity index (χ0n) is 22.5. The van der Waals surface area contributed by atoms with Gasteiger partial charge in [0.1, 0.15) is 35.8 Å². The summed E-state index contributed by atoms with van der Waals surface area (Å²) in [4.78, 5) is 14.8. The lowest BCUT2D eigenvalue weighted by atomic mass is 9.68. The van der Waals surface area contributed by atoms with Crippen LogP contribution in [0.3, 0.4) is 0 Å². The highest BCUT2D eigenvalue weighted by Crippen LogP contribution is 2.59. The van der Waals surface area contributed by atoms with Gasteiger partial charge in [0.05, 0.1) is 18.6 Å². The van der Waals surface area contributed by atoms with E-state index < -0.39 is 0 Å². The summed E-state index contributed by atoms with van der Waals surface area (Å²) in [6.45, 7) is 8.54. The van der Waals surface area contributed by atoms with Crippen molar-refractivity contribution >= 4 is 12.0 Å². The van der Waals surface area contributed by atoms with Crippen LogP contribution >= 0.6 is 0 Å². The number of carbonyl (C=O) groups is 1. The summed E-state index contributed by atoms with van der Waals surface area (Å²) in [7, 11) is 5.72. The van der Waals surface area contributed by atoms with Gasteiger partial charge in [-0.2, -0.15) is 0 Å². The molecule has 0 N–H and O–H groups in total. The third-order valence-corrected chi connectivity index (χ3v) is 7.60. The van der Waals surface area contributed by atoms with Gasteiger partial charge in [-0.05, 0) is 77.9 Å². The first kappa shape index (κ1) is 26.9. The second-order valence-corrected chi connectivity index (χ2v) is 10.9. The topological polar surface area (TPSA) is 73.1 Å². The zero-order chi connectivity index (χ0) is 25.9. The molecule has 0 radical (unpaired) electrons. The summed E-state index contributed by atoms with van der Waals surface area (Å²) < 4.78 is 29.8. The normalized spacial score (nSPS) is 33.1. The standard InChI is InChI=1S/C29H41NO6/c1-20(2)7-13-24-28(3,36-24)27-26(32-6)23(15-16-29(27)19-34-29)35-25(31)14-10-21-8-11-22(12-9-21)33-18-17-30(4)5/h7-12,14,23-24,26-27H,13,15-19H2,1-6H3/b14-10+/t23?,24?,26?,27?,28?,29-/m0/s1. The first-order valence-corrected chi connectivity index (χ1v) is 12.9. The third-order valence-electron chi connectivity index (χ3n) is 7.60. The van der Waals surface area contributed by atoms with E-state index in [4.69, 9.17) is 23.7 Å². The number of likely N-dealkylation sites (N-methyl/N-ethyl adjacent to an activating group) is 1. The van der Waals surface area contributed by atoms with Crippen LogP contribution in [0.1, 0.15) is 45.6 Å². The van der Waals surface area contributed by atoms with E-state index in [1.165, 1.54) is 11.6 Å². The van der Waals surface area contributed by atoms with E-state index in [-0.39, 0.29) is 41.4 Å². The summed E-state index contributed by atoms with van der Waals surface area (Å²) in [6, 6.07) is 7.67. The molecule has 7 heteroatoms. The van der Waals surface area contributed by atoms with Crippen molar-refractivity contribution in [3.63, 3.8) is 0 Å². The lowest BCUT2D eigenvalue weighted by Gasteiger charge is -2.42. The molecule has 2 saturated heterocycles. The molecular formula is C29H41NO6. The van der Waals surface area contributed by atoms with Gasteiger partial charge in [-0.15, -0.1) is 0 Å². The Kier molecular flexibility index (Phi) is 8.25. The van der Waals surface area contributed by atoms with Crippen molar-refractivity contribution in [1.29, 1.82) is 0 Å². The van der Waals surface area contributed by atoms with Gasteiger partial charge in [-0.3, -0.25) is 0 Å². The Bertz CT molecular complexity index is 962. The van der Waals surface area contributed by atoms with E-state index in [1.54, 1.807) is 13.2 Å². The van der Waals surface area contributed by atoms with Crippen molar-refractivity contribution in [2.24, 2.45) is 5.92 Å². The Morgan fingerprint density at radius 2 is 1.94 bits per heavy atom. The third kappa shape index (κ3) is 6.20. The van der Waals surface area contributed by atoms with Gasteiger partial charge in [0.25, 0.3) is 0 Å². The second-order valence-electron chi connectivity index (χ2n) is 10.9. The van der Waals surface area contributed by atoms with E-state index in [1.807, 2.05) is 38.4 Å². The number of esters is 1. The van der Waals surface area contributed by atoms with Crippen LogP contribution in [0.15, 0.2) is 42.0 Å². The first-order chi connectivity index (χ1) is 17.2. The minimum absolute atomic E-state index is 0.0149. The molecule has 1 saturated carbocycles. The number of hydrogen-bond acceptors (Lipinski definition) is 7. The van der Waals surface area contributed by atoms with Crippen molar-refractivity contribution < 1.29 is 28.5 Å². The number of benzene rings is 1. The Morgan fingerprint density at radius 1 is 1.22 bits per heavy atom. The van der Waals surface area contributed by atoms with Gasteiger partial charge in [0.15, 0.2) is 0 Å². The summed E-state index contributed by atoms with van der Waals surface area (Å²) in [5, 5.41) is 0. The van der Waals surface area contributed by atoms with Crippen LogP contribution in [0.2, 0.25) is 0 Å². The number of methoxy groups -OCH3 is 1. The van der Waals surface area contributed by atoms with Crippen molar-refractivity contribution in [3.05, 3.63) is 47.6 Å². The van der Waals surface area contributed by atoms with Crippen LogP contribution in [0.5, 0.6) is 5.75 Å². The van der Waals surface area contributed by atoms with Gasteiger partial charge in [0.2, 0.25) is 0 Å². The minimum Gasteiger partial charge on any atom is -0.492 e. The van der Waals surface area contributed by atoms with Crippen LogP contribution < -0.4 is 4.74 Å². The highest BCUT2D eigenvalue weighted by atomic mass is 16.6. The maximum Gasteiger partial charge on any atom is 0.331 e. The molecule has 0 bridgehead atoms. The van der Waals surface area contributed by atoms with Crippen molar-refractivity contribution in [2.45, 2.75) is 69.5 Å². The van der Waals surface area contributed by atoms with E-state index in [9.17, 15) is 4.79 Å². The molecule has 1 aromatic carbocycles. The summed E-state index contributed by atoms with van der Waals surface area (Å²) in [5.74, 6) is 0.450. The van der Waals surface area contributed by atoms with E-state index in [2.05, 4.69) is 31.7 Å². The molecular weight excluding hydrogens is 458 g/mol. The fourth-order valence-corrected chi connectivity index (χ4v) is 5.44. The molecule has 0 aromatic heterocycles. The Hall–Kier alpha value is -2.19. The van der Waals surface area contributed by atoms with E-state index >= 15 is 0 Å². The van der Waals surface area contributed by atoms with Crippen LogP contribution in [-0.4, -0.2) is 81.3 Å². The smallest absolute Gasteiger partial charge is 0.331 e. The van der Waals surface area contributed by atoms with Crippen LogP contribution in [0, 0.1) is 5.92 Å². The van der Waals surface area contributed by atoms with Gasteiger partial charge in [0, 0.05) is 19.7 Å². The number of rotatable bonds is 11. The van der Waals surface area contributed by atoms with Crippen LogP contribution in [-0.2, 0) is 23.7 Å². The number of nitrogens with zero attached hydrogens (tertiary/aromatic N) is 1. The molecule has 1 spiro atoms. The fourth-order valence-electron chi connectivity index (χ4n) is 5.44. The summed E-state index contributed by atoms with van der Waals surface area (Å²) in [5.41, 5.74) is 1.61. The molecule has 3 aliphatic rings. The molecule has 36 heavy (non-hydrogen) atoms. The molecule has 1 aromatic rings. The van der Waals surface area contributed by atoms with Gasteiger partial charge in [-0.1, -0.05) is 23.8 Å². The van der Waals surface area contributed by atoms with Gasteiger partial charge < -0.3 is 28.6 Å². The predicted octanol–water partition coefficient (Wildman–Crippen LogP) is 4.26.